The molecule has 150 valence electrons. The van der Waals surface area contributed by atoms with Gasteiger partial charge in [0.2, 0.25) is 15.9 Å². The van der Waals surface area contributed by atoms with Crippen LogP contribution in [0.25, 0.3) is 0 Å². The maximum absolute atomic E-state index is 13.5. The molecule has 1 aliphatic carbocycles. The summed E-state index contributed by atoms with van der Waals surface area (Å²) in [6.07, 6.45) is 5.38. The minimum absolute atomic E-state index is 0.0531. The third kappa shape index (κ3) is 5.51. The van der Waals surface area contributed by atoms with Crippen molar-refractivity contribution in [2.75, 3.05) is 25.4 Å². The fourth-order valence-electron chi connectivity index (χ4n) is 3.82. The van der Waals surface area contributed by atoms with Gasteiger partial charge in [0.1, 0.15) is 5.82 Å². The summed E-state index contributed by atoms with van der Waals surface area (Å²) in [5.74, 6) is 0.103. The van der Waals surface area contributed by atoms with Crippen molar-refractivity contribution in [2.45, 2.75) is 51.4 Å². The molecule has 1 saturated carbocycles. The van der Waals surface area contributed by atoms with Crippen LogP contribution < -0.4 is 5.32 Å². The summed E-state index contributed by atoms with van der Waals surface area (Å²) in [5, 5.41) is 2.77. The third-order valence-electron chi connectivity index (χ3n) is 5.60. The highest BCUT2D eigenvalue weighted by Gasteiger charge is 2.34. The number of nitrogens with zero attached hydrogens (tertiary/aromatic N) is 1. The Labute approximate surface area is 161 Å². The first-order valence-corrected chi connectivity index (χ1v) is 11.5. The van der Waals surface area contributed by atoms with E-state index in [0.717, 1.165) is 37.7 Å². The van der Waals surface area contributed by atoms with Crippen LogP contribution in [0.3, 0.4) is 0 Å². The second kappa shape index (κ2) is 8.69. The second-order valence-electron chi connectivity index (χ2n) is 7.78. The van der Waals surface area contributed by atoms with Crippen molar-refractivity contribution in [3.63, 3.8) is 0 Å². The molecule has 1 amide bonds. The van der Waals surface area contributed by atoms with Crippen molar-refractivity contribution < 1.29 is 17.6 Å². The maximum Gasteiger partial charge on any atom is 0.220 e. The summed E-state index contributed by atoms with van der Waals surface area (Å²) in [6.45, 7) is 3.04. The van der Waals surface area contributed by atoms with Crippen molar-refractivity contribution in [2.24, 2.45) is 5.92 Å². The smallest absolute Gasteiger partial charge is 0.220 e. The van der Waals surface area contributed by atoms with Gasteiger partial charge >= 0.3 is 0 Å². The first-order chi connectivity index (χ1) is 12.9. The van der Waals surface area contributed by atoms with Crippen LogP contribution in [0, 0.1) is 18.7 Å². The molecule has 1 saturated heterocycles. The van der Waals surface area contributed by atoms with Gasteiger partial charge in [0.15, 0.2) is 0 Å². The molecule has 1 aliphatic heterocycles. The lowest BCUT2D eigenvalue weighted by Gasteiger charge is -2.26. The molecular formula is C20H29FN2O3S. The third-order valence-corrected chi connectivity index (χ3v) is 7.47. The highest BCUT2D eigenvalue weighted by Crippen LogP contribution is 2.44. The van der Waals surface area contributed by atoms with Crippen molar-refractivity contribution >= 4 is 15.9 Å². The standard InChI is InChI=1S/C20H29FN2O3S/c1-15-13-17(7-8-19(15)21)18(16-5-6-16)14-20(24)22-9-12-27(25,26)23-10-3-2-4-11-23/h7-8,13,16,18H,2-6,9-12,14H2,1H3,(H,22,24). The lowest BCUT2D eigenvalue weighted by Crippen LogP contribution is -2.40. The predicted molar refractivity (Wildman–Crippen MR) is 103 cm³/mol. The quantitative estimate of drug-likeness (QED) is 0.735. The Hall–Kier alpha value is -1.47. The number of halogens is 1. The molecule has 2 aliphatic rings. The number of aryl methyl sites for hydroxylation is 1. The van der Waals surface area contributed by atoms with Crippen LogP contribution in [-0.4, -0.2) is 44.0 Å². The summed E-state index contributed by atoms with van der Waals surface area (Å²) in [4.78, 5) is 12.4. The predicted octanol–water partition coefficient (Wildman–Crippen LogP) is 2.95. The Morgan fingerprint density at radius 3 is 2.59 bits per heavy atom. The number of amides is 1. The fraction of sp³-hybridized carbons (Fsp3) is 0.650. The van der Waals surface area contributed by atoms with Gasteiger partial charge in [-0.2, -0.15) is 0 Å². The summed E-state index contributed by atoms with van der Waals surface area (Å²) < 4.78 is 39.7. The number of carbonyl (C=O) groups excluding carboxylic acids is 1. The van der Waals surface area contributed by atoms with E-state index in [9.17, 15) is 17.6 Å². The average molecular weight is 397 g/mol. The zero-order valence-corrected chi connectivity index (χ0v) is 16.7. The van der Waals surface area contributed by atoms with Crippen LogP contribution >= 0.6 is 0 Å². The number of hydrogen-bond acceptors (Lipinski definition) is 3. The summed E-state index contributed by atoms with van der Waals surface area (Å²) >= 11 is 0. The number of hydrogen-bond donors (Lipinski definition) is 1. The van der Waals surface area contributed by atoms with Crippen molar-refractivity contribution in [3.05, 3.63) is 35.1 Å². The summed E-state index contributed by atoms with van der Waals surface area (Å²) in [7, 11) is -3.30. The molecule has 0 bridgehead atoms. The Bertz CT molecular complexity index is 771. The van der Waals surface area contributed by atoms with Gasteiger partial charge in [0, 0.05) is 26.1 Å². The molecule has 2 fully saturated rings. The zero-order chi connectivity index (χ0) is 19.4. The van der Waals surface area contributed by atoms with Crippen LogP contribution in [0.15, 0.2) is 18.2 Å². The molecule has 7 heteroatoms. The van der Waals surface area contributed by atoms with Gasteiger partial charge in [-0.15, -0.1) is 0 Å². The van der Waals surface area contributed by atoms with Gasteiger partial charge < -0.3 is 5.32 Å². The lowest BCUT2D eigenvalue weighted by atomic mass is 9.89. The number of piperidine rings is 1. The van der Waals surface area contributed by atoms with Gasteiger partial charge in [-0.1, -0.05) is 18.6 Å². The molecular weight excluding hydrogens is 367 g/mol. The van der Waals surface area contributed by atoms with Crippen molar-refractivity contribution in [3.8, 4) is 0 Å². The van der Waals surface area contributed by atoms with Crippen LogP contribution in [0.2, 0.25) is 0 Å². The first kappa shape index (κ1) is 20.3. The molecule has 1 atom stereocenters. The molecule has 0 aromatic heterocycles. The Morgan fingerprint density at radius 2 is 1.96 bits per heavy atom. The Kier molecular flexibility index (Phi) is 6.52. The van der Waals surface area contributed by atoms with E-state index in [1.807, 2.05) is 6.07 Å². The number of nitrogens with one attached hydrogen (secondary N) is 1. The Balaban J connectivity index is 1.52. The maximum atomic E-state index is 13.5. The van der Waals surface area contributed by atoms with Gasteiger partial charge in [-0.25, -0.2) is 17.1 Å². The first-order valence-electron chi connectivity index (χ1n) is 9.87. The van der Waals surface area contributed by atoms with Crippen molar-refractivity contribution in [1.29, 1.82) is 0 Å². The molecule has 0 radical (unpaired) electrons. The number of carbonyl (C=O) groups is 1. The minimum atomic E-state index is -3.30. The van der Waals surface area contributed by atoms with E-state index in [1.54, 1.807) is 13.0 Å². The molecule has 0 spiro atoms. The zero-order valence-electron chi connectivity index (χ0n) is 15.9. The molecule has 1 heterocycles. The van der Waals surface area contributed by atoms with E-state index < -0.39 is 10.0 Å². The van der Waals surface area contributed by atoms with Crippen LogP contribution in [0.1, 0.15) is 55.6 Å². The van der Waals surface area contributed by atoms with Gasteiger partial charge in [-0.05, 0) is 61.6 Å². The molecule has 1 aromatic rings. The SMILES string of the molecule is Cc1cc(C(CC(=O)NCCS(=O)(=O)N2CCCCC2)C2CC2)ccc1F. The summed E-state index contributed by atoms with van der Waals surface area (Å²) in [6, 6.07) is 5.05. The van der Waals surface area contributed by atoms with E-state index >= 15 is 0 Å². The normalized spacial score (nSPS) is 19.6. The topological polar surface area (TPSA) is 66.5 Å². The Morgan fingerprint density at radius 1 is 1.26 bits per heavy atom. The molecule has 1 unspecified atom stereocenters. The van der Waals surface area contributed by atoms with Gasteiger partial charge in [-0.3, -0.25) is 4.79 Å². The fourth-order valence-corrected chi connectivity index (χ4v) is 5.25. The van der Waals surface area contributed by atoms with Crippen LogP contribution in [0.5, 0.6) is 0 Å². The number of sulfonamides is 1. The molecule has 27 heavy (non-hydrogen) atoms. The van der Waals surface area contributed by atoms with Crippen LogP contribution in [-0.2, 0) is 14.8 Å². The number of benzene rings is 1. The average Bonchev–Trinajstić information content (AvgIpc) is 3.48. The molecule has 1 aromatic carbocycles. The highest BCUT2D eigenvalue weighted by molar-refractivity contribution is 7.89. The molecule has 5 nitrogen and oxygen atoms in total. The minimum Gasteiger partial charge on any atom is -0.355 e. The molecule has 1 N–H and O–H groups in total. The van der Waals surface area contributed by atoms with Crippen molar-refractivity contribution in [1.82, 2.24) is 9.62 Å². The molecule has 3 rings (SSSR count). The van der Waals surface area contributed by atoms with Crippen LogP contribution in [0.4, 0.5) is 4.39 Å². The van der Waals surface area contributed by atoms with E-state index in [0.29, 0.717) is 31.0 Å². The highest BCUT2D eigenvalue weighted by atomic mass is 32.2. The van der Waals surface area contributed by atoms with E-state index in [1.165, 1.54) is 10.4 Å². The largest absolute Gasteiger partial charge is 0.355 e. The summed E-state index contributed by atoms with van der Waals surface area (Å²) in [5.41, 5.74) is 1.58. The monoisotopic (exact) mass is 396 g/mol. The second-order valence-corrected chi connectivity index (χ2v) is 9.87. The van der Waals surface area contributed by atoms with E-state index in [2.05, 4.69) is 5.32 Å². The van der Waals surface area contributed by atoms with E-state index in [-0.39, 0.29) is 29.9 Å². The van der Waals surface area contributed by atoms with E-state index in [4.69, 9.17) is 0 Å². The lowest BCUT2D eigenvalue weighted by molar-refractivity contribution is -0.121. The van der Waals surface area contributed by atoms with Gasteiger partial charge in [0.05, 0.1) is 5.75 Å². The number of rotatable bonds is 8. The van der Waals surface area contributed by atoms with Gasteiger partial charge in [0.25, 0.3) is 0 Å².